The second-order valence-electron chi connectivity index (χ2n) is 10.3. The van der Waals surface area contributed by atoms with E-state index in [1.54, 1.807) is 19.1 Å². The number of nitrogens with zero attached hydrogens (tertiary/aromatic N) is 3. The number of benzene rings is 3. The number of ether oxygens (including phenoxy) is 1. The van der Waals surface area contributed by atoms with Gasteiger partial charge in [-0.25, -0.2) is 4.90 Å². The molecule has 198 valence electrons. The molecule has 0 aliphatic carbocycles. The summed E-state index contributed by atoms with van der Waals surface area (Å²) >= 11 is 0. The van der Waals surface area contributed by atoms with Crippen molar-refractivity contribution in [1.82, 2.24) is 0 Å². The Hall–Kier alpha value is -3.89. The summed E-state index contributed by atoms with van der Waals surface area (Å²) < 4.78 is 6.00. The van der Waals surface area contributed by atoms with Crippen molar-refractivity contribution in [2.75, 3.05) is 30.5 Å². The van der Waals surface area contributed by atoms with Crippen LogP contribution in [0.2, 0.25) is 0 Å². The third kappa shape index (κ3) is 5.09. The zero-order valence-electron chi connectivity index (χ0n) is 22.5. The molecule has 1 aliphatic heterocycles. The number of rotatable bonds is 10. The average molecular weight is 514 g/mol. The van der Waals surface area contributed by atoms with Crippen LogP contribution in [0.3, 0.4) is 0 Å². The molecule has 7 heteroatoms. The van der Waals surface area contributed by atoms with E-state index in [2.05, 4.69) is 6.07 Å². The van der Waals surface area contributed by atoms with Gasteiger partial charge in [-0.2, -0.15) is 5.26 Å². The Morgan fingerprint density at radius 3 is 2.45 bits per heavy atom. The van der Waals surface area contributed by atoms with E-state index in [0.29, 0.717) is 34.2 Å². The Bertz CT molecular complexity index is 1380. The Morgan fingerprint density at radius 1 is 1.03 bits per heavy atom. The minimum Gasteiger partial charge on any atom is -0.493 e. The van der Waals surface area contributed by atoms with Gasteiger partial charge in [-0.15, -0.1) is 0 Å². The van der Waals surface area contributed by atoms with Crippen LogP contribution in [0, 0.1) is 23.2 Å². The largest absolute Gasteiger partial charge is 0.493 e. The number of hydrogen-bond donors (Lipinski definition) is 1. The summed E-state index contributed by atoms with van der Waals surface area (Å²) in [6.45, 7) is 3.96. The molecule has 1 saturated heterocycles. The van der Waals surface area contributed by atoms with Gasteiger partial charge in [0.05, 0.1) is 41.4 Å². The summed E-state index contributed by atoms with van der Waals surface area (Å²) in [6, 6.07) is 20.4. The Kier molecular flexibility index (Phi) is 8.03. The van der Waals surface area contributed by atoms with Gasteiger partial charge in [-0.1, -0.05) is 57.0 Å². The number of unbranched alkanes of at least 4 members (excludes halogenated alkanes) is 1. The molecule has 0 spiro atoms. The second-order valence-corrected chi connectivity index (χ2v) is 10.3. The van der Waals surface area contributed by atoms with Crippen LogP contribution in [-0.4, -0.2) is 43.2 Å². The van der Waals surface area contributed by atoms with Crippen molar-refractivity contribution < 1.29 is 19.4 Å². The number of fused-ring (bicyclic) bond motifs is 1. The van der Waals surface area contributed by atoms with Crippen molar-refractivity contribution in [3.05, 3.63) is 66.2 Å². The van der Waals surface area contributed by atoms with Gasteiger partial charge in [-0.3, -0.25) is 9.59 Å². The molecule has 2 amide bonds. The molecule has 0 unspecified atom stereocenters. The fourth-order valence-corrected chi connectivity index (χ4v) is 5.43. The van der Waals surface area contributed by atoms with Crippen LogP contribution < -0.4 is 14.5 Å². The van der Waals surface area contributed by atoms with Crippen molar-refractivity contribution in [2.45, 2.75) is 45.1 Å². The third-order valence-electron chi connectivity index (χ3n) is 7.54. The van der Waals surface area contributed by atoms with Crippen LogP contribution in [0.4, 0.5) is 11.4 Å². The molecule has 0 aromatic heterocycles. The fourth-order valence-electron chi connectivity index (χ4n) is 5.43. The van der Waals surface area contributed by atoms with Crippen LogP contribution in [0.15, 0.2) is 60.7 Å². The monoisotopic (exact) mass is 513 g/mol. The van der Waals surface area contributed by atoms with Crippen LogP contribution in [-0.2, 0) is 9.59 Å². The number of nitriles is 1. The van der Waals surface area contributed by atoms with Crippen LogP contribution in [0.1, 0.15) is 45.1 Å². The lowest BCUT2D eigenvalue weighted by atomic mass is 9.75. The van der Waals surface area contributed by atoms with Crippen molar-refractivity contribution >= 4 is 34.0 Å². The van der Waals surface area contributed by atoms with Gasteiger partial charge in [0.25, 0.3) is 0 Å². The Balaban J connectivity index is 1.63. The van der Waals surface area contributed by atoms with E-state index in [4.69, 9.17) is 4.74 Å². The van der Waals surface area contributed by atoms with Crippen molar-refractivity contribution in [1.29, 1.82) is 5.26 Å². The van der Waals surface area contributed by atoms with Gasteiger partial charge < -0.3 is 14.7 Å². The first-order valence-corrected chi connectivity index (χ1v) is 13.1. The summed E-state index contributed by atoms with van der Waals surface area (Å²) in [7, 11) is 3.91. The molecule has 0 bridgehead atoms. The Morgan fingerprint density at radius 2 is 1.76 bits per heavy atom. The molecule has 0 radical (unpaired) electrons. The minimum absolute atomic E-state index is 0.210. The summed E-state index contributed by atoms with van der Waals surface area (Å²) in [5, 5.41) is 22.8. The lowest BCUT2D eigenvalue weighted by Gasteiger charge is -2.34. The third-order valence-corrected chi connectivity index (χ3v) is 7.54. The Labute approximate surface area is 224 Å². The molecule has 7 nitrogen and oxygen atoms in total. The van der Waals surface area contributed by atoms with Crippen LogP contribution in [0.5, 0.6) is 5.75 Å². The first-order chi connectivity index (χ1) is 18.2. The fraction of sp³-hybridized carbons (Fsp3) is 0.387. The van der Waals surface area contributed by atoms with Gasteiger partial charge in [0, 0.05) is 43.0 Å². The lowest BCUT2D eigenvalue weighted by molar-refractivity contribution is -0.134. The van der Waals surface area contributed by atoms with Gasteiger partial charge in [0.2, 0.25) is 11.8 Å². The van der Waals surface area contributed by atoms with Gasteiger partial charge in [0.15, 0.2) is 0 Å². The van der Waals surface area contributed by atoms with Gasteiger partial charge in [0.1, 0.15) is 5.75 Å². The molecule has 3 aromatic carbocycles. The summed E-state index contributed by atoms with van der Waals surface area (Å²) in [6.07, 6.45) is 2.17. The van der Waals surface area contributed by atoms with E-state index in [0.717, 1.165) is 18.5 Å². The van der Waals surface area contributed by atoms with Crippen molar-refractivity contribution in [3.8, 4) is 11.8 Å². The standard InChI is InChI=1S/C31H35N3O4/c1-5-6-16-31(37,17-18-38-24-11-9-10-23(19-24)33(3)4)28-21(2)29(35)34(30(28)36)27-15-14-22(20-32)25-12-7-8-13-26(25)27/h7-15,19,21,28,37H,5-6,16-18H2,1-4H3/t21-,28+,31-/m0/s1. The number of carbonyl (C=O) groups is 2. The van der Waals surface area contributed by atoms with E-state index in [-0.39, 0.29) is 18.9 Å². The van der Waals surface area contributed by atoms with E-state index in [9.17, 15) is 20.0 Å². The zero-order valence-corrected chi connectivity index (χ0v) is 22.5. The number of imide groups is 1. The van der Waals surface area contributed by atoms with Gasteiger partial charge >= 0.3 is 0 Å². The number of amides is 2. The zero-order chi connectivity index (χ0) is 27.4. The normalized spacial score (nSPS) is 18.9. The number of hydrogen-bond acceptors (Lipinski definition) is 6. The smallest absolute Gasteiger partial charge is 0.240 e. The summed E-state index contributed by atoms with van der Waals surface area (Å²) in [5.74, 6) is -1.67. The van der Waals surface area contributed by atoms with Crippen LogP contribution in [0.25, 0.3) is 10.8 Å². The van der Waals surface area contributed by atoms with E-state index >= 15 is 0 Å². The molecule has 3 atom stereocenters. The number of aliphatic hydroxyl groups is 1. The highest BCUT2D eigenvalue weighted by Crippen LogP contribution is 2.43. The molecule has 38 heavy (non-hydrogen) atoms. The highest BCUT2D eigenvalue weighted by Gasteiger charge is 2.55. The topological polar surface area (TPSA) is 93.9 Å². The molecular weight excluding hydrogens is 478 g/mol. The van der Waals surface area contributed by atoms with E-state index in [1.165, 1.54) is 4.90 Å². The first-order valence-electron chi connectivity index (χ1n) is 13.1. The maximum Gasteiger partial charge on any atom is 0.240 e. The molecule has 1 aliphatic rings. The highest BCUT2D eigenvalue weighted by atomic mass is 16.5. The first kappa shape index (κ1) is 27.2. The van der Waals surface area contributed by atoms with E-state index in [1.807, 2.05) is 74.4 Å². The molecule has 1 heterocycles. The molecule has 4 rings (SSSR count). The van der Waals surface area contributed by atoms with Crippen molar-refractivity contribution in [2.24, 2.45) is 11.8 Å². The number of anilines is 2. The predicted octanol–water partition coefficient (Wildman–Crippen LogP) is 5.29. The summed E-state index contributed by atoms with van der Waals surface area (Å²) in [5.41, 5.74) is 0.513. The quantitative estimate of drug-likeness (QED) is 0.370. The predicted molar refractivity (Wildman–Crippen MR) is 149 cm³/mol. The highest BCUT2D eigenvalue weighted by molar-refractivity contribution is 6.25. The SMILES string of the molecule is CCCC[C@](O)(CCOc1cccc(N(C)C)c1)[C@H]1C(=O)N(c2ccc(C#N)c3ccccc23)C(=O)[C@H]1C. The molecule has 1 fully saturated rings. The molecule has 3 aromatic rings. The maximum atomic E-state index is 13.9. The number of carbonyl (C=O) groups excluding carboxylic acids is 2. The summed E-state index contributed by atoms with van der Waals surface area (Å²) in [4.78, 5) is 30.6. The van der Waals surface area contributed by atoms with Gasteiger partial charge in [-0.05, 0) is 30.7 Å². The lowest BCUT2D eigenvalue weighted by Crippen LogP contribution is -2.46. The average Bonchev–Trinajstić information content (AvgIpc) is 3.14. The minimum atomic E-state index is -1.40. The molecule has 1 N–H and O–H groups in total. The molecular formula is C31H35N3O4. The maximum absolute atomic E-state index is 13.9. The van der Waals surface area contributed by atoms with Crippen LogP contribution >= 0.6 is 0 Å². The van der Waals surface area contributed by atoms with E-state index < -0.39 is 23.3 Å². The van der Waals surface area contributed by atoms with Crippen molar-refractivity contribution in [3.63, 3.8) is 0 Å². The molecule has 0 saturated carbocycles. The second kappa shape index (κ2) is 11.2.